The maximum atomic E-state index is 11.6. The highest BCUT2D eigenvalue weighted by Gasteiger charge is 2.09. The van der Waals surface area contributed by atoms with Crippen molar-refractivity contribution < 1.29 is 8.42 Å². The standard InChI is InChI=1S/C15H22N2O2S/c1-3-20(18,19)9-8-17-7-6-14-5-4-13(10-12(2)16)11-15(14)17/h4-7,11-12H,3,8-10,16H2,1-2H3. The first-order chi connectivity index (χ1) is 9.41. The van der Waals surface area contributed by atoms with E-state index in [0.717, 1.165) is 17.3 Å². The van der Waals surface area contributed by atoms with E-state index in [0.29, 0.717) is 6.54 Å². The molecule has 1 aromatic heterocycles. The van der Waals surface area contributed by atoms with E-state index in [1.54, 1.807) is 6.92 Å². The van der Waals surface area contributed by atoms with Crippen LogP contribution in [0.2, 0.25) is 0 Å². The van der Waals surface area contributed by atoms with Crippen molar-refractivity contribution in [1.29, 1.82) is 0 Å². The van der Waals surface area contributed by atoms with Crippen LogP contribution in [0.25, 0.3) is 10.9 Å². The number of benzene rings is 1. The van der Waals surface area contributed by atoms with Gasteiger partial charge in [-0.15, -0.1) is 0 Å². The second-order valence-corrected chi connectivity index (χ2v) is 7.79. The van der Waals surface area contributed by atoms with Gasteiger partial charge in [-0.25, -0.2) is 8.42 Å². The third-order valence-electron chi connectivity index (χ3n) is 3.48. The van der Waals surface area contributed by atoms with Crippen LogP contribution in [-0.2, 0) is 22.8 Å². The molecule has 110 valence electrons. The molecule has 0 saturated carbocycles. The molecule has 0 aliphatic heterocycles. The fourth-order valence-electron chi connectivity index (χ4n) is 2.31. The number of aromatic nitrogens is 1. The lowest BCUT2D eigenvalue weighted by molar-refractivity contribution is 0.591. The number of fused-ring (bicyclic) bond motifs is 1. The van der Waals surface area contributed by atoms with E-state index in [9.17, 15) is 8.42 Å². The second-order valence-electron chi connectivity index (χ2n) is 5.32. The molecule has 4 nitrogen and oxygen atoms in total. The molecule has 1 aromatic carbocycles. The van der Waals surface area contributed by atoms with Gasteiger partial charge in [0.15, 0.2) is 9.84 Å². The van der Waals surface area contributed by atoms with Crippen LogP contribution < -0.4 is 5.73 Å². The molecule has 0 saturated heterocycles. The smallest absolute Gasteiger partial charge is 0.151 e. The fourth-order valence-corrected chi connectivity index (χ4v) is 3.07. The van der Waals surface area contributed by atoms with E-state index < -0.39 is 9.84 Å². The van der Waals surface area contributed by atoms with Gasteiger partial charge >= 0.3 is 0 Å². The molecule has 2 N–H and O–H groups in total. The van der Waals surface area contributed by atoms with E-state index in [1.807, 2.05) is 23.8 Å². The van der Waals surface area contributed by atoms with Crippen LogP contribution in [0.15, 0.2) is 30.5 Å². The molecule has 0 aliphatic carbocycles. The van der Waals surface area contributed by atoms with E-state index in [-0.39, 0.29) is 17.5 Å². The summed E-state index contributed by atoms with van der Waals surface area (Å²) in [6, 6.07) is 8.40. The summed E-state index contributed by atoms with van der Waals surface area (Å²) in [6.07, 6.45) is 2.78. The maximum Gasteiger partial charge on any atom is 0.151 e. The van der Waals surface area contributed by atoms with Crippen molar-refractivity contribution in [3.63, 3.8) is 0 Å². The van der Waals surface area contributed by atoms with Crippen molar-refractivity contribution >= 4 is 20.7 Å². The molecule has 5 heteroatoms. The zero-order valence-electron chi connectivity index (χ0n) is 12.0. The van der Waals surface area contributed by atoms with Crippen molar-refractivity contribution in [2.24, 2.45) is 5.73 Å². The third kappa shape index (κ3) is 3.61. The van der Waals surface area contributed by atoms with E-state index in [1.165, 1.54) is 5.56 Å². The number of aryl methyl sites for hydroxylation is 1. The summed E-state index contributed by atoms with van der Waals surface area (Å²) < 4.78 is 25.2. The van der Waals surface area contributed by atoms with Crippen molar-refractivity contribution in [2.45, 2.75) is 32.9 Å². The molecule has 1 heterocycles. The maximum absolute atomic E-state index is 11.6. The average Bonchev–Trinajstić information content (AvgIpc) is 2.78. The molecule has 0 spiro atoms. The highest BCUT2D eigenvalue weighted by Crippen LogP contribution is 2.18. The third-order valence-corrected chi connectivity index (χ3v) is 5.16. The lowest BCUT2D eigenvalue weighted by atomic mass is 10.1. The summed E-state index contributed by atoms with van der Waals surface area (Å²) >= 11 is 0. The van der Waals surface area contributed by atoms with Gasteiger partial charge in [-0.05, 0) is 36.4 Å². The van der Waals surface area contributed by atoms with E-state index >= 15 is 0 Å². The summed E-state index contributed by atoms with van der Waals surface area (Å²) in [5.74, 6) is 0.382. The lowest BCUT2D eigenvalue weighted by Crippen LogP contribution is -2.17. The molecule has 0 bridgehead atoms. The molecule has 1 unspecified atom stereocenters. The van der Waals surface area contributed by atoms with Gasteiger partial charge in [0.05, 0.1) is 5.75 Å². The first kappa shape index (κ1) is 15.1. The zero-order chi connectivity index (χ0) is 14.8. The number of hydrogen-bond donors (Lipinski definition) is 1. The summed E-state index contributed by atoms with van der Waals surface area (Å²) in [5.41, 5.74) is 8.09. The predicted octanol–water partition coefficient (Wildman–Crippen LogP) is 1.97. The Bertz CT molecular complexity index is 687. The lowest BCUT2D eigenvalue weighted by Gasteiger charge is -2.08. The average molecular weight is 294 g/mol. The van der Waals surface area contributed by atoms with Crippen molar-refractivity contribution in [3.8, 4) is 0 Å². The molecule has 0 amide bonds. The van der Waals surface area contributed by atoms with Crippen LogP contribution in [0.4, 0.5) is 0 Å². The van der Waals surface area contributed by atoms with E-state index in [2.05, 4.69) is 18.2 Å². The summed E-state index contributed by atoms with van der Waals surface area (Å²) in [6.45, 7) is 4.17. The number of hydrogen-bond acceptors (Lipinski definition) is 3. The van der Waals surface area contributed by atoms with Crippen LogP contribution in [0.3, 0.4) is 0 Å². The Hall–Kier alpha value is -1.33. The Morgan fingerprint density at radius 1 is 1.30 bits per heavy atom. The minimum atomic E-state index is -2.93. The number of sulfone groups is 1. The molecular formula is C15H22N2O2S. The summed E-state index contributed by atoms with van der Waals surface area (Å²) in [7, 11) is -2.93. The summed E-state index contributed by atoms with van der Waals surface area (Å²) in [4.78, 5) is 0. The molecule has 2 rings (SSSR count). The Morgan fingerprint density at radius 2 is 2.05 bits per heavy atom. The van der Waals surface area contributed by atoms with Crippen LogP contribution >= 0.6 is 0 Å². The van der Waals surface area contributed by atoms with E-state index in [4.69, 9.17) is 5.73 Å². The van der Waals surface area contributed by atoms with Crippen LogP contribution in [0.5, 0.6) is 0 Å². The monoisotopic (exact) mass is 294 g/mol. The highest BCUT2D eigenvalue weighted by atomic mass is 32.2. The van der Waals surface area contributed by atoms with Crippen molar-refractivity contribution in [1.82, 2.24) is 4.57 Å². The summed E-state index contributed by atoms with van der Waals surface area (Å²) in [5, 5.41) is 1.13. The molecule has 20 heavy (non-hydrogen) atoms. The number of rotatable bonds is 6. The zero-order valence-corrected chi connectivity index (χ0v) is 12.9. The Kier molecular flexibility index (Phi) is 4.50. The number of nitrogens with two attached hydrogens (primary N) is 1. The predicted molar refractivity (Wildman–Crippen MR) is 83.6 cm³/mol. The molecule has 0 radical (unpaired) electrons. The minimum absolute atomic E-state index is 0.122. The molecule has 1 atom stereocenters. The first-order valence-corrected chi connectivity index (χ1v) is 8.77. The quantitative estimate of drug-likeness (QED) is 0.886. The Morgan fingerprint density at radius 3 is 2.70 bits per heavy atom. The normalized spacial score (nSPS) is 13.8. The van der Waals surface area contributed by atoms with Crippen molar-refractivity contribution in [2.75, 3.05) is 11.5 Å². The SMILES string of the molecule is CCS(=O)(=O)CCn1ccc2ccc(CC(C)N)cc21. The van der Waals surface area contributed by atoms with Crippen LogP contribution in [-0.4, -0.2) is 30.5 Å². The van der Waals surface area contributed by atoms with Gasteiger partial charge < -0.3 is 10.3 Å². The Labute approximate surface area is 120 Å². The van der Waals surface area contributed by atoms with Gasteiger partial charge in [0.1, 0.15) is 0 Å². The second kappa shape index (κ2) is 5.97. The molecule has 0 aliphatic rings. The first-order valence-electron chi connectivity index (χ1n) is 6.95. The van der Waals surface area contributed by atoms with Crippen molar-refractivity contribution in [3.05, 3.63) is 36.0 Å². The van der Waals surface area contributed by atoms with Gasteiger partial charge in [0, 0.05) is 30.1 Å². The minimum Gasteiger partial charge on any atom is -0.346 e. The van der Waals surface area contributed by atoms with Gasteiger partial charge in [0.25, 0.3) is 0 Å². The Balaban J connectivity index is 2.25. The number of nitrogens with zero attached hydrogens (tertiary/aromatic N) is 1. The molecule has 0 fully saturated rings. The fraction of sp³-hybridized carbons (Fsp3) is 0.467. The van der Waals surface area contributed by atoms with Gasteiger partial charge in [-0.2, -0.15) is 0 Å². The van der Waals surface area contributed by atoms with Crippen LogP contribution in [0, 0.1) is 0 Å². The molecular weight excluding hydrogens is 272 g/mol. The highest BCUT2D eigenvalue weighted by molar-refractivity contribution is 7.91. The van der Waals surface area contributed by atoms with Gasteiger partial charge in [0.2, 0.25) is 0 Å². The van der Waals surface area contributed by atoms with Crippen LogP contribution in [0.1, 0.15) is 19.4 Å². The molecule has 2 aromatic rings. The van der Waals surface area contributed by atoms with Gasteiger partial charge in [-0.1, -0.05) is 19.1 Å². The van der Waals surface area contributed by atoms with Gasteiger partial charge in [-0.3, -0.25) is 0 Å². The largest absolute Gasteiger partial charge is 0.346 e. The topological polar surface area (TPSA) is 65.1 Å².